The van der Waals surface area contributed by atoms with Crippen LogP contribution in [-0.2, 0) is 0 Å². The molecule has 2 rings (SSSR count). The van der Waals surface area contributed by atoms with Gasteiger partial charge in [-0.05, 0) is 31.5 Å². The molecule has 1 unspecified atom stereocenters. The molecule has 0 saturated heterocycles. The zero-order valence-corrected chi connectivity index (χ0v) is 11.8. The van der Waals surface area contributed by atoms with Crippen molar-refractivity contribution in [2.24, 2.45) is 0 Å². The van der Waals surface area contributed by atoms with Crippen molar-refractivity contribution in [1.29, 1.82) is 5.26 Å². The predicted octanol–water partition coefficient (Wildman–Crippen LogP) is 3.60. The van der Waals surface area contributed by atoms with Crippen LogP contribution in [0.25, 0.3) is 0 Å². The largest absolute Gasteiger partial charge is 0.352 e. The van der Waals surface area contributed by atoms with Gasteiger partial charge in [-0.1, -0.05) is 18.2 Å². The lowest BCUT2D eigenvalue weighted by Crippen LogP contribution is -2.24. The van der Waals surface area contributed by atoms with E-state index in [1.165, 1.54) is 6.07 Å². The second-order valence-electron chi connectivity index (χ2n) is 4.75. The van der Waals surface area contributed by atoms with Crippen molar-refractivity contribution in [2.75, 3.05) is 11.9 Å². The molecule has 0 N–H and O–H groups in total. The zero-order valence-electron chi connectivity index (χ0n) is 11.8. The van der Waals surface area contributed by atoms with E-state index in [4.69, 9.17) is 0 Å². The second-order valence-corrected chi connectivity index (χ2v) is 4.75. The summed E-state index contributed by atoms with van der Waals surface area (Å²) in [6.07, 6.45) is 1.66. The molecule has 0 fully saturated rings. The van der Waals surface area contributed by atoms with E-state index in [0.717, 1.165) is 5.56 Å². The first-order chi connectivity index (χ1) is 9.56. The van der Waals surface area contributed by atoms with Gasteiger partial charge in [-0.15, -0.1) is 0 Å². The summed E-state index contributed by atoms with van der Waals surface area (Å²) in [5.74, 6) is 0.321. The molecule has 1 aromatic heterocycles. The van der Waals surface area contributed by atoms with E-state index >= 15 is 0 Å². The summed E-state index contributed by atoms with van der Waals surface area (Å²) >= 11 is 0. The van der Waals surface area contributed by atoms with Crippen LogP contribution < -0.4 is 4.90 Å². The monoisotopic (exact) mass is 269 g/mol. The predicted molar refractivity (Wildman–Crippen MR) is 76.9 cm³/mol. The standard InChI is InChI=1S/C16H16FN3/c1-11-8-9-19-16(14(11)10-18)20(3)12(2)13-6-4-5-7-15(13)17/h4-9,12H,1-3H3. The normalized spacial score (nSPS) is 11.8. The Morgan fingerprint density at radius 2 is 2.00 bits per heavy atom. The van der Waals surface area contributed by atoms with Gasteiger partial charge < -0.3 is 4.90 Å². The van der Waals surface area contributed by atoms with E-state index in [-0.39, 0.29) is 11.9 Å². The van der Waals surface area contributed by atoms with Crippen LogP contribution in [0.5, 0.6) is 0 Å². The lowest BCUT2D eigenvalue weighted by molar-refractivity contribution is 0.584. The summed E-state index contributed by atoms with van der Waals surface area (Å²) in [6, 6.07) is 10.4. The average Bonchev–Trinajstić information content (AvgIpc) is 2.46. The molecule has 1 atom stereocenters. The van der Waals surface area contributed by atoms with Crippen molar-refractivity contribution < 1.29 is 4.39 Å². The van der Waals surface area contributed by atoms with Crippen LogP contribution in [0, 0.1) is 24.1 Å². The number of hydrogen-bond acceptors (Lipinski definition) is 3. The van der Waals surface area contributed by atoms with Crippen LogP contribution in [0.4, 0.5) is 10.2 Å². The minimum Gasteiger partial charge on any atom is -0.352 e. The number of rotatable bonds is 3. The molecule has 102 valence electrons. The molecule has 0 amide bonds. The Kier molecular flexibility index (Phi) is 3.99. The van der Waals surface area contributed by atoms with Crippen LogP contribution >= 0.6 is 0 Å². The molecule has 1 heterocycles. The van der Waals surface area contributed by atoms with Crippen molar-refractivity contribution in [3.63, 3.8) is 0 Å². The number of hydrogen-bond donors (Lipinski definition) is 0. The van der Waals surface area contributed by atoms with Crippen molar-refractivity contribution in [3.8, 4) is 6.07 Å². The fraction of sp³-hybridized carbons (Fsp3) is 0.250. The fourth-order valence-electron chi connectivity index (χ4n) is 2.16. The Balaban J connectivity index is 2.42. The van der Waals surface area contributed by atoms with Gasteiger partial charge in [0.1, 0.15) is 17.7 Å². The first-order valence-corrected chi connectivity index (χ1v) is 6.39. The van der Waals surface area contributed by atoms with Gasteiger partial charge >= 0.3 is 0 Å². The summed E-state index contributed by atoms with van der Waals surface area (Å²) in [4.78, 5) is 6.09. The van der Waals surface area contributed by atoms with Crippen LogP contribution in [0.2, 0.25) is 0 Å². The first-order valence-electron chi connectivity index (χ1n) is 6.39. The topological polar surface area (TPSA) is 39.9 Å². The smallest absolute Gasteiger partial charge is 0.146 e. The van der Waals surface area contributed by atoms with Gasteiger partial charge in [0.2, 0.25) is 0 Å². The highest BCUT2D eigenvalue weighted by atomic mass is 19.1. The molecule has 0 radical (unpaired) electrons. The highest BCUT2D eigenvalue weighted by molar-refractivity contribution is 5.57. The Labute approximate surface area is 118 Å². The minimum atomic E-state index is -0.252. The van der Waals surface area contributed by atoms with E-state index in [0.29, 0.717) is 16.9 Å². The Hall–Kier alpha value is -2.41. The maximum absolute atomic E-state index is 13.9. The van der Waals surface area contributed by atoms with E-state index in [9.17, 15) is 9.65 Å². The van der Waals surface area contributed by atoms with Gasteiger partial charge in [0.05, 0.1) is 11.6 Å². The number of aromatic nitrogens is 1. The third-order valence-electron chi connectivity index (χ3n) is 3.52. The third-order valence-corrected chi connectivity index (χ3v) is 3.52. The molecule has 20 heavy (non-hydrogen) atoms. The maximum Gasteiger partial charge on any atom is 0.146 e. The van der Waals surface area contributed by atoms with Crippen molar-refractivity contribution in [1.82, 2.24) is 4.98 Å². The molecule has 4 heteroatoms. The van der Waals surface area contributed by atoms with Crippen LogP contribution in [0.1, 0.15) is 29.7 Å². The van der Waals surface area contributed by atoms with E-state index in [2.05, 4.69) is 11.1 Å². The molecule has 0 bridgehead atoms. The third kappa shape index (κ3) is 2.48. The number of aryl methyl sites for hydroxylation is 1. The van der Waals surface area contributed by atoms with Gasteiger partial charge in [-0.3, -0.25) is 0 Å². The number of pyridine rings is 1. The van der Waals surface area contributed by atoms with Gasteiger partial charge in [0.25, 0.3) is 0 Å². The first kappa shape index (κ1) is 14.0. The molecule has 0 aliphatic carbocycles. The molecule has 0 aliphatic rings. The van der Waals surface area contributed by atoms with E-state index in [1.807, 2.05) is 25.8 Å². The molecule has 3 nitrogen and oxygen atoms in total. The number of nitrogens with zero attached hydrogens (tertiary/aromatic N) is 3. The number of nitriles is 1. The van der Waals surface area contributed by atoms with Gasteiger partial charge in [-0.2, -0.15) is 5.26 Å². The molecule has 0 saturated carbocycles. The fourth-order valence-corrected chi connectivity index (χ4v) is 2.16. The van der Waals surface area contributed by atoms with Crippen LogP contribution in [-0.4, -0.2) is 12.0 Å². The Morgan fingerprint density at radius 1 is 1.30 bits per heavy atom. The molecule has 0 spiro atoms. The summed E-state index contributed by atoms with van der Waals surface area (Å²) < 4.78 is 13.9. The van der Waals surface area contributed by atoms with Gasteiger partial charge in [0, 0.05) is 18.8 Å². The van der Waals surface area contributed by atoms with Crippen molar-refractivity contribution >= 4 is 5.82 Å². The molecular formula is C16H16FN3. The van der Waals surface area contributed by atoms with Crippen LogP contribution in [0.15, 0.2) is 36.5 Å². The SMILES string of the molecule is Cc1ccnc(N(C)C(C)c2ccccc2F)c1C#N. The molecule has 0 aliphatic heterocycles. The number of anilines is 1. The van der Waals surface area contributed by atoms with Crippen molar-refractivity contribution in [2.45, 2.75) is 19.9 Å². The quantitative estimate of drug-likeness (QED) is 0.854. The Bertz CT molecular complexity index is 661. The molecular weight excluding hydrogens is 253 g/mol. The zero-order chi connectivity index (χ0) is 14.7. The lowest BCUT2D eigenvalue weighted by Gasteiger charge is -2.27. The number of halogens is 1. The summed E-state index contributed by atoms with van der Waals surface area (Å²) in [7, 11) is 1.82. The summed E-state index contributed by atoms with van der Waals surface area (Å²) in [5.41, 5.74) is 1.98. The second kappa shape index (κ2) is 5.70. The average molecular weight is 269 g/mol. The lowest BCUT2D eigenvalue weighted by atomic mass is 10.1. The summed E-state index contributed by atoms with van der Waals surface area (Å²) in [6.45, 7) is 3.76. The minimum absolute atomic E-state index is 0.211. The summed E-state index contributed by atoms with van der Waals surface area (Å²) in [5, 5.41) is 9.26. The molecule has 2 aromatic rings. The highest BCUT2D eigenvalue weighted by Crippen LogP contribution is 2.28. The van der Waals surface area contributed by atoms with E-state index in [1.54, 1.807) is 30.5 Å². The van der Waals surface area contributed by atoms with E-state index < -0.39 is 0 Å². The Morgan fingerprint density at radius 3 is 2.65 bits per heavy atom. The van der Waals surface area contributed by atoms with Crippen molar-refractivity contribution in [3.05, 3.63) is 59.0 Å². The van der Waals surface area contributed by atoms with Gasteiger partial charge in [0.15, 0.2) is 0 Å². The van der Waals surface area contributed by atoms with Crippen LogP contribution in [0.3, 0.4) is 0 Å². The maximum atomic E-state index is 13.9. The van der Waals surface area contributed by atoms with Gasteiger partial charge in [-0.25, -0.2) is 9.37 Å². The number of benzene rings is 1. The molecule has 1 aromatic carbocycles. The highest BCUT2D eigenvalue weighted by Gasteiger charge is 2.19.